The van der Waals surface area contributed by atoms with Crippen LogP contribution in [0.3, 0.4) is 0 Å². The van der Waals surface area contributed by atoms with Gasteiger partial charge in [-0.2, -0.15) is 0 Å². The molecule has 0 aliphatic heterocycles. The molecule has 0 fully saturated rings. The van der Waals surface area contributed by atoms with Crippen LogP contribution < -0.4 is 5.32 Å². The maximum Gasteiger partial charge on any atom is 0.331 e. The Morgan fingerprint density at radius 1 is 1.56 bits per heavy atom. The van der Waals surface area contributed by atoms with Gasteiger partial charge in [0.05, 0.1) is 13.2 Å². The minimum Gasteiger partial charge on any atom is -0.464 e. The van der Waals surface area contributed by atoms with E-state index in [0.717, 1.165) is 0 Å². The molecule has 0 saturated heterocycles. The number of amides is 1. The minimum atomic E-state index is -1.07. The number of carbonyl (C=O) groups excluding carboxylic acids is 2. The van der Waals surface area contributed by atoms with Gasteiger partial charge in [-0.05, 0) is 25.5 Å². The molecule has 1 amide bonds. The predicted octanol–water partition coefficient (Wildman–Crippen LogP) is 0.0438. The molecule has 1 aromatic heterocycles. The molecule has 1 atom stereocenters. The van der Waals surface area contributed by atoms with Crippen molar-refractivity contribution in [3.63, 3.8) is 0 Å². The summed E-state index contributed by atoms with van der Waals surface area (Å²) in [5, 5.41) is 11.4. The van der Waals surface area contributed by atoms with Gasteiger partial charge in [-0.3, -0.25) is 9.78 Å². The number of nitrogens with zero attached hydrogens (tertiary/aromatic N) is 1. The highest BCUT2D eigenvalue weighted by Crippen LogP contribution is 2.03. The van der Waals surface area contributed by atoms with Gasteiger partial charge in [0.15, 0.2) is 6.04 Å². The molecule has 0 aliphatic carbocycles. The van der Waals surface area contributed by atoms with Crippen LogP contribution in [-0.2, 0) is 9.53 Å². The number of aryl methyl sites for hydroxylation is 1. The lowest BCUT2D eigenvalue weighted by atomic mass is 10.2. The van der Waals surface area contributed by atoms with Gasteiger partial charge in [0.2, 0.25) is 0 Å². The molecular formula is C12H16N2O4. The van der Waals surface area contributed by atoms with Gasteiger partial charge < -0.3 is 15.2 Å². The number of ether oxygens (including phenoxy) is 1. The molecule has 0 radical (unpaired) electrons. The topological polar surface area (TPSA) is 88.5 Å². The van der Waals surface area contributed by atoms with Gasteiger partial charge >= 0.3 is 5.97 Å². The van der Waals surface area contributed by atoms with Crippen molar-refractivity contribution < 1.29 is 19.4 Å². The van der Waals surface area contributed by atoms with E-state index in [9.17, 15) is 9.59 Å². The van der Waals surface area contributed by atoms with Crippen LogP contribution in [0.1, 0.15) is 23.0 Å². The first-order valence-corrected chi connectivity index (χ1v) is 5.60. The fourth-order valence-electron chi connectivity index (χ4n) is 1.37. The number of aliphatic hydroxyl groups is 1. The van der Waals surface area contributed by atoms with E-state index in [1.165, 1.54) is 6.20 Å². The number of aromatic nitrogens is 1. The lowest BCUT2D eigenvalue weighted by Crippen LogP contribution is -2.44. The first-order chi connectivity index (χ1) is 8.60. The maximum absolute atomic E-state index is 11.9. The summed E-state index contributed by atoms with van der Waals surface area (Å²) in [7, 11) is 0. The van der Waals surface area contributed by atoms with Crippen LogP contribution in [0.25, 0.3) is 0 Å². The fraction of sp³-hybridized carbons (Fsp3) is 0.417. The van der Waals surface area contributed by atoms with Gasteiger partial charge in [-0.25, -0.2) is 4.79 Å². The number of nitrogens with one attached hydrogen (secondary N) is 1. The third-order valence-corrected chi connectivity index (χ3v) is 2.28. The Morgan fingerprint density at radius 2 is 2.28 bits per heavy atom. The molecule has 1 heterocycles. The smallest absolute Gasteiger partial charge is 0.331 e. The third kappa shape index (κ3) is 3.53. The number of carbonyl (C=O) groups is 2. The molecule has 0 aliphatic rings. The first kappa shape index (κ1) is 14.1. The summed E-state index contributed by atoms with van der Waals surface area (Å²) < 4.78 is 4.73. The van der Waals surface area contributed by atoms with Gasteiger partial charge in [0, 0.05) is 6.20 Å². The molecule has 0 saturated carbocycles. The molecule has 98 valence electrons. The van der Waals surface area contributed by atoms with E-state index in [0.29, 0.717) is 5.56 Å². The van der Waals surface area contributed by atoms with E-state index in [1.54, 1.807) is 26.0 Å². The lowest BCUT2D eigenvalue weighted by molar-refractivity contribution is -0.146. The van der Waals surface area contributed by atoms with E-state index < -0.39 is 24.5 Å². The lowest BCUT2D eigenvalue weighted by Gasteiger charge is -2.14. The van der Waals surface area contributed by atoms with E-state index in [1.807, 2.05) is 0 Å². The molecule has 6 nitrogen and oxygen atoms in total. The van der Waals surface area contributed by atoms with Gasteiger partial charge in [0.25, 0.3) is 5.91 Å². The second-order valence-electron chi connectivity index (χ2n) is 3.63. The summed E-state index contributed by atoms with van der Waals surface area (Å²) in [6, 6.07) is 2.38. The van der Waals surface area contributed by atoms with Crippen molar-refractivity contribution in [2.24, 2.45) is 0 Å². The van der Waals surface area contributed by atoms with Crippen LogP contribution in [0.2, 0.25) is 0 Å². The molecule has 0 aromatic carbocycles. The molecule has 1 rings (SSSR count). The van der Waals surface area contributed by atoms with Crippen LogP contribution in [-0.4, -0.2) is 41.2 Å². The Hall–Kier alpha value is -1.95. The number of rotatable bonds is 5. The highest BCUT2D eigenvalue weighted by molar-refractivity contribution is 5.96. The zero-order chi connectivity index (χ0) is 13.5. The standard InChI is InChI=1S/C12H16N2O4/c1-3-18-12(17)9(7-15)14-11(16)10-8(2)5-4-6-13-10/h4-6,9,15H,3,7H2,1-2H3,(H,14,16)/t9-/m0/s1. The molecule has 18 heavy (non-hydrogen) atoms. The average molecular weight is 252 g/mol. The highest BCUT2D eigenvalue weighted by Gasteiger charge is 2.22. The van der Waals surface area contributed by atoms with Gasteiger partial charge in [-0.15, -0.1) is 0 Å². The maximum atomic E-state index is 11.9. The predicted molar refractivity (Wildman–Crippen MR) is 63.9 cm³/mol. The normalized spacial score (nSPS) is 11.7. The van der Waals surface area contributed by atoms with Crippen molar-refractivity contribution in [3.8, 4) is 0 Å². The van der Waals surface area contributed by atoms with Crippen molar-refractivity contribution >= 4 is 11.9 Å². The van der Waals surface area contributed by atoms with Crippen LogP contribution in [0.15, 0.2) is 18.3 Å². The Kier molecular flexibility index (Phi) is 5.26. The second-order valence-corrected chi connectivity index (χ2v) is 3.63. The molecule has 2 N–H and O–H groups in total. The zero-order valence-corrected chi connectivity index (χ0v) is 10.3. The van der Waals surface area contributed by atoms with Crippen molar-refractivity contribution in [1.82, 2.24) is 10.3 Å². The first-order valence-electron chi connectivity index (χ1n) is 5.60. The van der Waals surface area contributed by atoms with E-state index >= 15 is 0 Å². The molecular weight excluding hydrogens is 236 g/mol. The number of aliphatic hydroxyl groups excluding tert-OH is 1. The van der Waals surface area contributed by atoms with Gasteiger partial charge in [0.1, 0.15) is 5.69 Å². The summed E-state index contributed by atoms with van der Waals surface area (Å²) >= 11 is 0. The number of pyridine rings is 1. The van der Waals surface area contributed by atoms with Gasteiger partial charge in [-0.1, -0.05) is 6.07 Å². The SMILES string of the molecule is CCOC(=O)[C@H](CO)NC(=O)c1ncccc1C. The van der Waals surface area contributed by atoms with Crippen molar-refractivity contribution in [1.29, 1.82) is 0 Å². The van der Waals surface area contributed by atoms with Crippen LogP contribution in [0.4, 0.5) is 0 Å². The third-order valence-electron chi connectivity index (χ3n) is 2.28. The minimum absolute atomic E-state index is 0.188. The zero-order valence-electron chi connectivity index (χ0n) is 10.3. The summed E-state index contributed by atoms with van der Waals surface area (Å²) in [5.74, 6) is -1.18. The average Bonchev–Trinajstić information content (AvgIpc) is 2.36. The Labute approximate surface area is 105 Å². The fourth-order valence-corrected chi connectivity index (χ4v) is 1.37. The van der Waals surface area contributed by atoms with Crippen molar-refractivity contribution in [3.05, 3.63) is 29.6 Å². The van der Waals surface area contributed by atoms with E-state index in [4.69, 9.17) is 9.84 Å². The van der Waals surface area contributed by atoms with Crippen LogP contribution in [0, 0.1) is 6.92 Å². The largest absolute Gasteiger partial charge is 0.464 e. The second kappa shape index (κ2) is 6.70. The molecule has 1 aromatic rings. The number of esters is 1. The molecule has 6 heteroatoms. The Morgan fingerprint density at radius 3 is 2.83 bits per heavy atom. The number of hydrogen-bond acceptors (Lipinski definition) is 5. The van der Waals surface area contributed by atoms with Crippen LogP contribution in [0.5, 0.6) is 0 Å². The Balaban J connectivity index is 2.74. The molecule has 0 bridgehead atoms. The summed E-state index contributed by atoms with van der Waals surface area (Å²) in [5.41, 5.74) is 0.913. The highest BCUT2D eigenvalue weighted by atomic mass is 16.5. The van der Waals surface area contributed by atoms with Crippen molar-refractivity contribution in [2.75, 3.05) is 13.2 Å². The quantitative estimate of drug-likeness (QED) is 0.722. The van der Waals surface area contributed by atoms with Crippen molar-refractivity contribution in [2.45, 2.75) is 19.9 Å². The monoisotopic (exact) mass is 252 g/mol. The van der Waals surface area contributed by atoms with Crippen LogP contribution >= 0.6 is 0 Å². The van der Waals surface area contributed by atoms with E-state index in [2.05, 4.69) is 10.3 Å². The molecule has 0 unspecified atom stereocenters. The molecule has 0 spiro atoms. The number of hydrogen-bond donors (Lipinski definition) is 2. The summed E-state index contributed by atoms with van der Waals surface area (Å²) in [6.07, 6.45) is 1.49. The van der Waals surface area contributed by atoms with E-state index in [-0.39, 0.29) is 12.3 Å². The Bertz CT molecular complexity index is 434. The summed E-state index contributed by atoms with van der Waals surface area (Å²) in [6.45, 7) is 3.06. The summed E-state index contributed by atoms with van der Waals surface area (Å²) in [4.78, 5) is 27.2.